The van der Waals surface area contributed by atoms with Crippen molar-refractivity contribution in [3.8, 4) is 5.75 Å². The fraction of sp³-hybridized carbons (Fsp3) is 0.235. The Morgan fingerprint density at radius 3 is 2.43 bits per heavy atom. The third-order valence-corrected chi connectivity index (χ3v) is 3.66. The molecule has 3 nitrogen and oxygen atoms in total. The maximum Gasteiger partial charge on any atom is 0.387 e. The first kappa shape index (κ1) is 17.1. The number of benzene rings is 2. The van der Waals surface area contributed by atoms with Crippen molar-refractivity contribution in [2.45, 2.75) is 27.4 Å². The van der Waals surface area contributed by atoms with E-state index in [1.807, 2.05) is 39.0 Å². The van der Waals surface area contributed by atoms with Crippen LogP contribution in [0.3, 0.4) is 0 Å². The number of rotatable bonds is 4. The van der Waals surface area contributed by atoms with Crippen molar-refractivity contribution in [2.24, 2.45) is 0 Å². The molecule has 0 atom stereocenters. The van der Waals surface area contributed by atoms with Gasteiger partial charge in [0.15, 0.2) is 5.11 Å². The van der Waals surface area contributed by atoms with E-state index in [1.165, 1.54) is 6.07 Å². The van der Waals surface area contributed by atoms with Crippen LogP contribution >= 0.6 is 12.2 Å². The normalized spacial score (nSPS) is 10.5. The average Bonchev–Trinajstić information content (AvgIpc) is 2.46. The quantitative estimate of drug-likeness (QED) is 0.768. The van der Waals surface area contributed by atoms with Gasteiger partial charge in [-0.2, -0.15) is 8.78 Å². The maximum atomic E-state index is 12.5. The number of alkyl halides is 2. The summed E-state index contributed by atoms with van der Waals surface area (Å²) in [6, 6.07) is 10.7. The zero-order chi connectivity index (χ0) is 17.0. The minimum absolute atomic E-state index is 0.0516. The van der Waals surface area contributed by atoms with Gasteiger partial charge in [0.05, 0.1) is 5.69 Å². The van der Waals surface area contributed by atoms with E-state index >= 15 is 0 Å². The first-order valence-electron chi connectivity index (χ1n) is 7.06. The van der Waals surface area contributed by atoms with E-state index in [2.05, 4.69) is 15.4 Å². The summed E-state index contributed by atoms with van der Waals surface area (Å²) < 4.78 is 29.5. The van der Waals surface area contributed by atoms with Crippen molar-refractivity contribution in [1.29, 1.82) is 0 Å². The second kappa shape index (κ2) is 7.37. The Labute approximate surface area is 139 Å². The first-order chi connectivity index (χ1) is 10.9. The van der Waals surface area contributed by atoms with Crippen LogP contribution < -0.4 is 15.4 Å². The van der Waals surface area contributed by atoms with Crippen LogP contribution in [-0.4, -0.2) is 11.7 Å². The Kier molecular flexibility index (Phi) is 5.50. The molecule has 6 heteroatoms. The minimum atomic E-state index is -2.89. The monoisotopic (exact) mass is 336 g/mol. The predicted octanol–water partition coefficient (Wildman–Crippen LogP) is 5.02. The molecule has 0 aliphatic rings. The zero-order valence-corrected chi connectivity index (χ0v) is 13.9. The van der Waals surface area contributed by atoms with Crippen LogP contribution in [0.15, 0.2) is 36.4 Å². The summed E-state index contributed by atoms with van der Waals surface area (Å²) >= 11 is 5.27. The number of ether oxygens (including phenoxy) is 1. The topological polar surface area (TPSA) is 33.3 Å². The van der Waals surface area contributed by atoms with Gasteiger partial charge in [0.2, 0.25) is 0 Å². The fourth-order valence-electron chi connectivity index (χ4n) is 2.10. The highest BCUT2D eigenvalue weighted by atomic mass is 32.1. The molecular formula is C17H18F2N2OS. The number of halogens is 2. The highest BCUT2D eigenvalue weighted by molar-refractivity contribution is 7.80. The summed E-state index contributed by atoms with van der Waals surface area (Å²) in [7, 11) is 0. The lowest BCUT2D eigenvalue weighted by Crippen LogP contribution is -2.20. The standard InChI is InChI=1S/C17H18F2N2OS/c1-10-7-8-15(22-16(18)19)14(9-10)21-17(23)20-13-6-4-5-11(2)12(13)3/h4-9,16H,1-3H3,(H2,20,21,23). The summed E-state index contributed by atoms with van der Waals surface area (Å²) in [6.45, 7) is 2.96. The maximum absolute atomic E-state index is 12.5. The summed E-state index contributed by atoms with van der Waals surface area (Å²) in [5, 5.41) is 6.30. The van der Waals surface area contributed by atoms with E-state index in [9.17, 15) is 8.78 Å². The van der Waals surface area contributed by atoms with Crippen LogP contribution in [0.4, 0.5) is 20.2 Å². The zero-order valence-electron chi connectivity index (χ0n) is 13.1. The Bertz CT molecular complexity index is 720. The molecule has 122 valence electrons. The number of aryl methyl sites for hydroxylation is 2. The molecule has 0 amide bonds. The SMILES string of the molecule is Cc1ccc(OC(F)F)c(NC(=S)Nc2cccc(C)c2C)c1. The second-order valence-corrected chi connectivity index (χ2v) is 5.61. The van der Waals surface area contributed by atoms with Gasteiger partial charge in [-0.1, -0.05) is 18.2 Å². The molecule has 0 radical (unpaired) electrons. The predicted molar refractivity (Wildman–Crippen MR) is 93.6 cm³/mol. The second-order valence-electron chi connectivity index (χ2n) is 5.20. The minimum Gasteiger partial charge on any atom is -0.433 e. The lowest BCUT2D eigenvalue weighted by molar-refractivity contribution is -0.0493. The van der Waals surface area contributed by atoms with Crippen molar-refractivity contribution >= 4 is 28.7 Å². The number of nitrogens with one attached hydrogen (secondary N) is 2. The number of hydrogen-bond acceptors (Lipinski definition) is 2. The lowest BCUT2D eigenvalue weighted by atomic mass is 10.1. The van der Waals surface area contributed by atoms with Crippen molar-refractivity contribution in [3.05, 3.63) is 53.1 Å². The van der Waals surface area contributed by atoms with E-state index in [4.69, 9.17) is 12.2 Å². The van der Waals surface area contributed by atoms with Crippen LogP contribution in [0.5, 0.6) is 5.75 Å². The fourth-order valence-corrected chi connectivity index (χ4v) is 2.32. The molecule has 23 heavy (non-hydrogen) atoms. The Morgan fingerprint density at radius 2 is 1.74 bits per heavy atom. The molecule has 0 spiro atoms. The molecule has 0 unspecified atom stereocenters. The molecular weight excluding hydrogens is 318 g/mol. The molecule has 0 saturated heterocycles. The Morgan fingerprint density at radius 1 is 1.04 bits per heavy atom. The molecule has 0 saturated carbocycles. The average molecular weight is 336 g/mol. The van der Waals surface area contributed by atoms with Crippen molar-refractivity contribution in [2.75, 3.05) is 10.6 Å². The molecule has 2 N–H and O–H groups in total. The van der Waals surface area contributed by atoms with Gasteiger partial charge in [-0.3, -0.25) is 0 Å². The van der Waals surface area contributed by atoms with Crippen molar-refractivity contribution in [1.82, 2.24) is 0 Å². The van der Waals surface area contributed by atoms with Gasteiger partial charge in [-0.15, -0.1) is 0 Å². The molecule has 2 aromatic rings. The molecule has 2 rings (SSSR count). The van der Waals surface area contributed by atoms with Gasteiger partial charge in [-0.25, -0.2) is 0 Å². The summed E-state index contributed by atoms with van der Waals surface area (Å²) in [4.78, 5) is 0. The molecule has 0 fully saturated rings. The summed E-state index contributed by atoms with van der Waals surface area (Å²) in [5.41, 5.74) is 4.38. The molecule has 2 aromatic carbocycles. The Hall–Kier alpha value is -2.21. The van der Waals surface area contributed by atoms with Gasteiger partial charge >= 0.3 is 6.61 Å². The highest BCUT2D eigenvalue weighted by Gasteiger charge is 2.11. The van der Waals surface area contributed by atoms with Gasteiger partial charge in [-0.05, 0) is 67.9 Å². The number of thiocarbonyl (C=S) groups is 1. The van der Waals surface area contributed by atoms with Crippen LogP contribution in [0, 0.1) is 20.8 Å². The van der Waals surface area contributed by atoms with Crippen LogP contribution in [0.1, 0.15) is 16.7 Å². The third-order valence-electron chi connectivity index (χ3n) is 3.45. The Balaban J connectivity index is 2.16. The third kappa shape index (κ3) is 4.63. The number of anilines is 2. The van der Waals surface area contributed by atoms with E-state index in [-0.39, 0.29) is 5.75 Å². The summed E-state index contributed by atoms with van der Waals surface area (Å²) in [6.07, 6.45) is 0. The van der Waals surface area contributed by atoms with E-state index in [0.29, 0.717) is 10.8 Å². The lowest BCUT2D eigenvalue weighted by Gasteiger charge is -2.16. The summed E-state index contributed by atoms with van der Waals surface area (Å²) in [5.74, 6) is 0.0516. The molecule has 0 heterocycles. The molecule has 0 aliphatic heterocycles. The van der Waals surface area contributed by atoms with Gasteiger partial charge in [0, 0.05) is 5.69 Å². The van der Waals surface area contributed by atoms with Gasteiger partial charge in [0.1, 0.15) is 5.75 Å². The van der Waals surface area contributed by atoms with Crippen LogP contribution in [0.25, 0.3) is 0 Å². The highest BCUT2D eigenvalue weighted by Crippen LogP contribution is 2.27. The van der Waals surface area contributed by atoms with E-state index in [0.717, 1.165) is 22.4 Å². The van der Waals surface area contributed by atoms with Crippen LogP contribution in [-0.2, 0) is 0 Å². The molecule has 0 aliphatic carbocycles. The van der Waals surface area contributed by atoms with Gasteiger partial charge in [0.25, 0.3) is 0 Å². The first-order valence-corrected chi connectivity index (χ1v) is 7.47. The molecule has 0 bridgehead atoms. The smallest absolute Gasteiger partial charge is 0.387 e. The number of hydrogen-bond donors (Lipinski definition) is 2. The molecule has 0 aromatic heterocycles. The van der Waals surface area contributed by atoms with Gasteiger partial charge < -0.3 is 15.4 Å². The van der Waals surface area contributed by atoms with Crippen molar-refractivity contribution in [3.63, 3.8) is 0 Å². The largest absolute Gasteiger partial charge is 0.433 e. The van der Waals surface area contributed by atoms with Crippen LogP contribution in [0.2, 0.25) is 0 Å². The van der Waals surface area contributed by atoms with E-state index < -0.39 is 6.61 Å². The van der Waals surface area contributed by atoms with Crippen molar-refractivity contribution < 1.29 is 13.5 Å². The van der Waals surface area contributed by atoms with E-state index in [1.54, 1.807) is 12.1 Å².